The molecule has 0 radical (unpaired) electrons. The van der Waals surface area contributed by atoms with Gasteiger partial charge in [0.2, 0.25) is 15.9 Å². The maximum absolute atomic E-state index is 13.8. The number of piperazine rings is 1. The van der Waals surface area contributed by atoms with Gasteiger partial charge in [-0.3, -0.25) is 4.79 Å². The van der Waals surface area contributed by atoms with Crippen LogP contribution in [0.25, 0.3) is 0 Å². The van der Waals surface area contributed by atoms with E-state index in [-0.39, 0.29) is 22.8 Å². The zero-order chi connectivity index (χ0) is 23.7. The van der Waals surface area contributed by atoms with Crippen LogP contribution in [-0.4, -0.2) is 51.9 Å². The number of hydrogen-bond donors (Lipinski definition) is 2. The van der Waals surface area contributed by atoms with Crippen LogP contribution in [0.1, 0.15) is 49.8 Å². The second kappa shape index (κ2) is 9.68. The second-order valence-corrected chi connectivity index (χ2v) is 11.3. The Hall–Kier alpha value is -2.42. The molecule has 1 unspecified atom stereocenters. The van der Waals surface area contributed by atoms with Crippen LogP contribution in [0, 0.1) is 5.92 Å². The molecule has 2 aromatic rings. The molecule has 0 bridgehead atoms. The molecule has 1 aliphatic heterocycles. The molecule has 34 heavy (non-hydrogen) atoms. The number of carbonyl (C=O) groups is 1. The number of sulfonamides is 1. The van der Waals surface area contributed by atoms with E-state index in [1.807, 2.05) is 30.3 Å². The van der Waals surface area contributed by atoms with Crippen molar-refractivity contribution in [2.24, 2.45) is 5.92 Å². The van der Waals surface area contributed by atoms with Gasteiger partial charge in [0.25, 0.3) is 0 Å². The standard InChI is InChI=1S/C26H34N4O3S/c1-2-29-14-16-30(17-15-29)24-13-12-21(27-26(31)20-10-11-20)18-25(24)34(32,33)28-23-9-5-7-19-6-3-4-8-22(19)23/h3-4,6,8,12-13,18,20,23,28H,2,5,7,9-11,14-17H2,1H3,(H,27,31). The Morgan fingerprint density at radius 1 is 1.03 bits per heavy atom. The van der Waals surface area contributed by atoms with Gasteiger partial charge < -0.3 is 15.1 Å². The third kappa shape index (κ3) is 4.99. The number of nitrogens with zero attached hydrogens (tertiary/aromatic N) is 2. The van der Waals surface area contributed by atoms with Crippen molar-refractivity contribution in [3.63, 3.8) is 0 Å². The molecule has 1 saturated heterocycles. The van der Waals surface area contributed by atoms with Crippen LogP contribution in [0.2, 0.25) is 0 Å². The van der Waals surface area contributed by atoms with Crippen molar-refractivity contribution in [3.05, 3.63) is 53.6 Å². The lowest BCUT2D eigenvalue weighted by Crippen LogP contribution is -2.46. The van der Waals surface area contributed by atoms with Crippen molar-refractivity contribution in [1.29, 1.82) is 0 Å². The van der Waals surface area contributed by atoms with Gasteiger partial charge in [0, 0.05) is 43.8 Å². The van der Waals surface area contributed by atoms with Crippen molar-refractivity contribution >= 4 is 27.3 Å². The molecule has 2 aliphatic carbocycles. The zero-order valence-electron chi connectivity index (χ0n) is 19.8. The number of anilines is 2. The van der Waals surface area contributed by atoms with Gasteiger partial charge in [0.1, 0.15) is 4.90 Å². The molecular weight excluding hydrogens is 448 g/mol. The lowest BCUT2D eigenvalue weighted by Gasteiger charge is -2.36. The number of likely N-dealkylation sites (N-methyl/N-ethyl adjacent to an activating group) is 1. The molecule has 1 saturated carbocycles. The molecule has 2 aromatic carbocycles. The first kappa shape index (κ1) is 23.3. The smallest absolute Gasteiger partial charge is 0.243 e. The maximum Gasteiger partial charge on any atom is 0.243 e. The molecule has 5 rings (SSSR count). The number of benzene rings is 2. The number of fused-ring (bicyclic) bond motifs is 1. The van der Waals surface area contributed by atoms with E-state index >= 15 is 0 Å². The molecule has 1 atom stereocenters. The van der Waals surface area contributed by atoms with Crippen molar-refractivity contribution in [2.75, 3.05) is 42.9 Å². The predicted molar refractivity (Wildman–Crippen MR) is 135 cm³/mol. The highest BCUT2D eigenvalue weighted by atomic mass is 32.2. The Morgan fingerprint density at radius 2 is 1.79 bits per heavy atom. The van der Waals surface area contributed by atoms with Crippen LogP contribution in [-0.2, 0) is 21.2 Å². The van der Waals surface area contributed by atoms with Crippen LogP contribution < -0.4 is 14.9 Å². The van der Waals surface area contributed by atoms with Gasteiger partial charge in [0.05, 0.1) is 5.69 Å². The van der Waals surface area contributed by atoms with E-state index in [0.717, 1.165) is 70.4 Å². The first-order valence-corrected chi connectivity index (χ1v) is 14.0. The minimum atomic E-state index is -3.82. The van der Waals surface area contributed by atoms with E-state index in [1.54, 1.807) is 6.07 Å². The summed E-state index contributed by atoms with van der Waals surface area (Å²) in [6.45, 7) is 6.49. The molecule has 182 valence electrons. The summed E-state index contributed by atoms with van der Waals surface area (Å²) in [5, 5.41) is 2.92. The van der Waals surface area contributed by atoms with E-state index in [2.05, 4.69) is 32.8 Å². The van der Waals surface area contributed by atoms with Gasteiger partial charge in [-0.2, -0.15) is 0 Å². The lowest BCUT2D eigenvalue weighted by molar-refractivity contribution is -0.117. The summed E-state index contributed by atoms with van der Waals surface area (Å²) < 4.78 is 30.6. The molecule has 1 heterocycles. The number of amides is 1. The van der Waals surface area contributed by atoms with E-state index < -0.39 is 10.0 Å². The summed E-state index contributed by atoms with van der Waals surface area (Å²) in [7, 11) is -3.82. The molecular formula is C26H34N4O3S. The number of carbonyl (C=O) groups excluding carboxylic acids is 1. The SMILES string of the molecule is CCN1CCN(c2ccc(NC(=O)C3CC3)cc2S(=O)(=O)NC2CCCc3ccccc32)CC1. The topological polar surface area (TPSA) is 81.8 Å². The van der Waals surface area contributed by atoms with Gasteiger partial charge in [0.15, 0.2) is 0 Å². The van der Waals surface area contributed by atoms with Crippen LogP contribution in [0.15, 0.2) is 47.4 Å². The third-order valence-corrected chi connectivity index (χ3v) is 8.79. The highest BCUT2D eigenvalue weighted by molar-refractivity contribution is 7.89. The third-order valence-electron chi connectivity index (χ3n) is 7.29. The summed E-state index contributed by atoms with van der Waals surface area (Å²) >= 11 is 0. The maximum atomic E-state index is 13.8. The Bertz CT molecular complexity index is 1150. The summed E-state index contributed by atoms with van der Waals surface area (Å²) in [6, 6.07) is 13.2. The average molecular weight is 483 g/mol. The van der Waals surface area contributed by atoms with E-state index in [4.69, 9.17) is 0 Å². The normalized spacial score (nSPS) is 21.2. The molecule has 0 spiro atoms. The molecule has 1 amide bonds. The number of aryl methyl sites for hydroxylation is 1. The zero-order valence-corrected chi connectivity index (χ0v) is 20.6. The number of hydrogen-bond acceptors (Lipinski definition) is 5. The fraction of sp³-hybridized carbons (Fsp3) is 0.500. The first-order valence-electron chi connectivity index (χ1n) is 12.5. The van der Waals surface area contributed by atoms with E-state index in [9.17, 15) is 13.2 Å². The van der Waals surface area contributed by atoms with Crippen molar-refractivity contribution < 1.29 is 13.2 Å². The van der Waals surface area contributed by atoms with E-state index in [0.29, 0.717) is 11.4 Å². The molecule has 8 heteroatoms. The number of rotatable bonds is 7. The van der Waals surface area contributed by atoms with Crippen LogP contribution in [0.4, 0.5) is 11.4 Å². The Labute approximate surface area is 202 Å². The minimum Gasteiger partial charge on any atom is -0.368 e. The molecule has 3 aliphatic rings. The lowest BCUT2D eigenvalue weighted by atomic mass is 9.88. The van der Waals surface area contributed by atoms with Crippen LogP contribution in [0.5, 0.6) is 0 Å². The molecule has 2 N–H and O–H groups in total. The van der Waals surface area contributed by atoms with Gasteiger partial charge in [-0.15, -0.1) is 0 Å². The summed E-state index contributed by atoms with van der Waals surface area (Å²) in [5.74, 6) is 0.0283. The highest BCUT2D eigenvalue weighted by Gasteiger charge is 2.32. The van der Waals surface area contributed by atoms with Crippen molar-refractivity contribution in [1.82, 2.24) is 9.62 Å². The fourth-order valence-corrected chi connectivity index (χ4v) is 6.59. The van der Waals surface area contributed by atoms with Crippen molar-refractivity contribution in [2.45, 2.75) is 50.0 Å². The molecule has 7 nitrogen and oxygen atoms in total. The first-order chi connectivity index (χ1) is 16.4. The molecule has 0 aromatic heterocycles. The predicted octanol–water partition coefficient (Wildman–Crippen LogP) is 3.53. The van der Waals surface area contributed by atoms with Gasteiger partial charge in [-0.25, -0.2) is 13.1 Å². The summed E-state index contributed by atoms with van der Waals surface area (Å²) in [6.07, 6.45) is 4.51. The largest absolute Gasteiger partial charge is 0.368 e. The van der Waals surface area contributed by atoms with Gasteiger partial charge in [-0.1, -0.05) is 31.2 Å². The number of nitrogens with one attached hydrogen (secondary N) is 2. The van der Waals surface area contributed by atoms with Crippen LogP contribution in [0.3, 0.4) is 0 Å². The fourth-order valence-electron chi connectivity index (χ4n) is 5.09. The average Bonchev–Trinajstić information content (AvgIpc) is 3.70. The monoisotopic (exact) mass is 482 g/mol. The quantitative estimate of drug-likeness (QED) is 0.631. The van der Waals surface area contributed by atoms with Gasteiger partial charge in [-0.05, 0) is 68.0 Å². The highest BCUT2D eigenvalue weighted by Crippen LogP contribution is 2.35. The second-order valence-electron chi connectivity index (χ2n) is 9.63. The summed E-state index contributed by atoms with van der Waals surface area (Å²) in [5.41, 5.74) is 3.52. The summed E-state index contributed by atoms with van der Waals surface area (Å²) in [4.78, 5) is 17.1. The Morgan fingerprint density at radius 3 is 2.53 bits per heavy atom. The van der Waals surface area contributed by atoms with Crippen molar-refractivity contribution in [3.8, 4) is 0 Å². The minimum absolute atomic E-state index is 0.0261. The van der Waals surface area contributed by atoms with Crippen LogP contribution >= 0.6 is 0 Å². The molecule has 2 fully saturated rings. The Kier molecular flexibility index (Phi) is 6.64. The Balaban J connectivity index is 1.46. The van der Waals surface area contributed by atoms with Gasteiger partial charge >= 0.3 is 0 Å². The van der Waals surface area contributed by atoms with E-state index in [1.165, 1.54) is 5.56 Å².